The van der Waals surface area contributed by atoms with Crippen molar-refractivity contribution in [3.63, 3.8) is 0 Å². The molecule has 7 heteroatoms. The normalized spacial score (nSPS) is 10.9. The molecule has 0 bridgehead atoms. The number of benzene rings is 2. The minimum absolute atomic E-state index is 0.272. The van der Waals surface area contributed by atoms with Gasteiger partial charge < -0.3 is 15.5 Å². The summed E-state index contributed by atoms with van der Waals surface area (Å²) in [6.45, 7) is 0. The molecule has 0 spiro atoms. The Labute approximate surface area is 129 Å². The molecule has 1 amide bonds. The number of amides is 1. The molecular weight excluding hydrogens is 306 g/mol. The largest absolute Gasteiger partial charge is 0.504 e. The number of nitrogens with zero attached hydrogens (tertiary/aromatic N) is 1. The Morgan fingerprint density at radius 2 is 1.87 bits per heavy atom. The minimum atomic E-state index is -0.974. The summed E-state index contributed by atoms with van der Waals surface area (Å²) in [5.74, 6) is -3.43. The lowest BCUT2D eigenvalue weighted by Gasteiger charge is -2.06. The molecule has 0 fully saturated rings. The second-order valence-corrected chi connectivity index (χ2v) is 4.50. The molecule has 0 heterocycles. The van der Waals surface area contributed by atoms with Crippen molar-refractivity contribution in [1.82, 2.24) is 0 Å². The Morgan fingerprint density at radius 1 is 1.13 bits per heavy atom. The highest BCUT2D eigenvalue weighted by Crippen LogP contribution is 2.26. The average molecular weight is 316 g/mol. The van der Waals surface area contributed by atoms with E-state index < -0.39 is 23.3 Å². The van der Waals surface area contributed by atoms with Crippen LogP contribution in [-0.4, -0.2) is 16.1 Å². The van der Waals surface area contributed by atoms with Gasteiger partial charge in [0.2, 0.25) is 0 Å². The van der Waals surface area contributed by atoms with E-state index in [0.717, 1.165) is 24.3 Å². The van der Waals surface area contributed by atoms with Gasteiger partial charge >= 0.3 is 0 Å². The van der Waals surface area contributed by atoms with Crippen LogP contribution in [0.2, 0.25) is 0 Å². The van der Waals surface area contributed by atoms with Gasteiger partial charge in [-0.05, 0) is 35.9 Å². The predicted octanol–water partition coefficient (Wildman–Crippen LogP) is 2.92. The van der Waals surface area contributed by atoms with E-state index >= 15 is 0 Å². The zero-order chi connectivity index (χ0) is 17.0. The van der Waals surface area contributed by atoms with Crippen LogP contribution in [-0.2, 0) is 4.79 Å². The van der Waals surface area contributed by atoms with E-state index in [-0.39, 0.29) is 22.6 Å². The number of aromatic hydroxyl groups is 2. The van der Waals surface area contributed by atoms with E-state index in [1.165, 1.54) is 12.1 Å². The maximum Gasteiger partial charge on any atom is 0.266 e. The van der Waals surface area contributed by atoms with Gasteiger partial charge in [-0.25, -0.2) is 8.78 Å². The first-order chi connectivity index (χ1) is 10.9. The lowest BCUT2D eigenvalue weighted by molar-refractivity contribution is -0.112. The van der Waals surface area contributed by atoms with Crippen molar-refractivity contribution >= 4 is 17.7 Å². The van der Waals surface area contributed by atoms with Crippen LogP contribution in [0.5, 0.6) is 11.5 Å². The van der Waals surface area contributed by atoms with E-state index in [1.54, 1.807) is 6.07 Å². The van der Waals surface area contributed by atoms with Crippen molar-refractivity contribution in [2.75, 3.05) is 5.32 Å². The summed E-state index contributed by atoms with van der Waals surface area (Å²) in [6.07, 6.45) is 1.15. The molecule has 116 valence electrons. The van der Waals surface area contributed by atoms with Crippen LogP contribution in [0.1, 0.15) is 5.56 Å². The van der Waals surface area contributed by atoms with Gasteiger partial charge in [-0.2, -0.15) is 5.26 Å². The standard InChI is InChI=1S/C16H10F2N2O3/c17-11-2-3-13(12(18)7-11)20-16(23)10(8-19)5-9-1-4-14(21)15(22)6-9/h1-7,21-22H,(H,20,23)/b10-5+. The van der Waals surface area contributed by atoms with E-state index in [2.05, 4.69) is 5.32 Å². The second kappa shape index (κ2) is 6.58. The molecule has 0 saturated heterocycles. The van der Waals surface area contributed by atoms with E-state index in [4.69, 9.17) is 5.26 Å². The van der Waals surface area contributed by atoms with Crippen LogP contribution in [0.4, 0.5) is 14.5 Å². The van der Waals surface area contributed by atoms with Crippen molar-refractivity contribution in [1.29, 1.82) is 5.26 Å². The highest BCUT2D eigenvalue weighted by atomic mass is 19.1. The number of nitriles is 1. The molecule has 2 aromatic carbocycles. The first-order valence-corrected chi connectivity index (χ1v) is 6.31. The topological polar surface area (TPSA) is 93.3 Å². The molecule has 2 aromatic rings. The Hall–Kier alpha value is -3.40. The Kier molecular flexibility index (Phi) is 4.57. The average Bonchev–Trinajstić information content (AvgIpc) is 2.51. The Balaban J connectivity index is 2.26. The van der Waals surface area contributed by atoms with E-state index in [0.29, 0.717) is 6.07 Å². The number of hydrogen-bond acceptors (Lipinski definition) is 4. The van der Waals surface area contributed by atoms with Crippen molar-refractivity contribution < 1.29 is 23.8 Å². The fourth-order valence-electron chi connectivity index (χ4n) is 1.73. The van der Waals surface area contributed by atoms with Gasteiger partial charge in [0, 0.05) is 6.07 Å². The summed E-state index contributed by atoms with van der Waals surface area (Å²) in [5, 5.41) is 29.8. The Morgan fingerprint density at radius 3 is 2.48 bits per heavy atom. The molecular formula is C16H10F2N2O3. The molecule has 0 aromatic heterocycles. The lowest BCUT2D eigenvalue weighted by Crippen LogP contribution is -2.14. The smallest absolute Gasteiger partial charge is 0.266 e. The van der Waals surface area contributed by atoms with Crippen LogP contribution in [0.15, 0.2) is 42.0 Å². The van der Waals surface area contributed by atoms with Crippen LogP contribution in [0.25, 0.3) is 6.08 Å². The number of anilines is 1. The van der Waals surface area contributed by atoms with Gasteiger partial charge in [0.25, 0.3) is 5.91 Å². The lowest BCUT2D eigenvalue weighted by atomic mass is 10.1. The second-order valence-electron chi connectivity index (χ2n) is 4.50. The third-order valence-electron chi connectivity index (χ3n) is 2.85. The zero-order valence-corrected chi connectivity index (χ0v) is 11.5. The fraction of sp³-hybridized carbons (Fsp3) is 0. The number of phenols is 2. The number of hydrogen-bond donors (Lipinski definition) is 3. The molecule has 2 rings (SSSR count). The van der Waals surface area contributed by atoms with Gasteiger partial charge in [-0.3, -0.25) is 4.79 Å². The van der Waals surface area contributed by atoms with Crippen LogP contribution < -0.4 is 5.32 Å². The summed E-state index contributed by atoms with van der Waals surface area (Å²) in [6, 6.07) is 7.95. The molecule has 0 unspecified atom stereocenters. The molecule has 0 atom stereocenters. The quantitative estimate of drug-likeness (QED) is 0.461. The maximum absolute atomic E-state index is 13.5. The number of rotatable bonds is 3. The first-order valence-electron chi connectivity index (χ1n) is 6.31. The third kappa shape index (κ3) is 3.83. The van der Waals surface area contributed by atoms with E-state index in [1.807, 2.05) is 0 Å². The van der Waals surface area contributed by atoms with Crippen molar-refractivity contribution in [2.24, 2.45) is 0 Å². The highest BCUT2D eigenvalue weighted by molar-refractivity contribution is 6.09. The molecule has 23 heavy (non-hydrogen) atoms. The minimum Gasteiger partial charge on any atom is -0.504 e. The number of carbonyl (C=O) groups is 1. The maximum atomic E-state index is 13.5. The van der Waals surface area contributed by atoms with Crippen molar-refractivity contribution in [2.45, 2.75) is 0 Å². The number of nitrogens with one attached hydrogen (secondary N) is 1. The molecule has 5 nitrogen and oxygen atoms in total. The summed E-state index contributed by atoms with van der Waals surface area (Å²) in [7, 11) is 0. The van der Waals surface area contributed by atoms with Crippen LogP contribution >= 0.6 is 0 Å². The summed E-state index contributed by atoms with van der Waals surface area (Å²) in [4.78, 5) is 12.0. The molecule has 0 saturated carbocycles. The van der Waals surface area contributed by atoms with Gasteiger partial charge in [-0.1, -0.05) is 6.07 Å². The fourth-order valence-corrected chi connectivity index (χ4v) is 1.73. The van der Waals surface area contributed by atoms with E-state index in [9.17, 15) is 23.8 Å². The molecule has 0 radical (unpaired) electrons. The van der Waals surface area contributed by atoms with Gasteiger partial charge in [0.15, 0.2) is 11.5 Å². The summed E-state index contributed by atoms with van der Waals surface area (Å²) in [5.41, 5.74) is -0.350. The predicted molar refractivity (Wildman–Crippen MR) is 78.3 cm³/mol. The van der Waals surface area contributed by atoms with Crippen molar-refractivity contribution in [3.05, 3.63) is 59.2 Å². The molecule has 0 aliphatic carbocycles. The molecule has 3 N–H and O–H groups in total. The molecule has 0 aliphatic heterocycles. The monoisotopic (exact) mass is 316 g/mol. The van der Waals surface area contributed by atoms with Gasteiger partial charge in [0.05, 0.1) is 5.69 Å². The highest BCUT2D eigenvalue weighted by Gasteiger charge is 2.13. The first kappa shape index (κ1) is 16.0. The SMILES string of the molecule is N#C/C(=C\c1ccc(O)c(O)c1)C(=O)Nc1ccc(F)cc1F. The zero-order valence-electron chi connectivity index (χ0n) is 11.5. The third-order valence-corrected chi connectivity index (χ3v) is 2.85. The van der Waals surface area contributed by atoms with Gasteiger partial charge in [0.1, 0.15) is 23.3 Å². The summed E-state index contributed by atoms with van der Waals surface area (Å²) < 4.78 is 26.3. The molecule has 0 aliphatic rings. The van der Waals surface area contributed by atoms with Crippen LogP contribution in [0.3, 0.4) is 0 Å². The van der Waals surface area contributed by atoms with Gasteiger partial charge in [-0.15, -0.1) is 0 Å². The number of phenolic OH excluding ortho intramolecular Hbond substituents is 2. The van der Waals surface area contributed by atoms with Crippen molar-refractivity contribution in [3.8, 4) is 17.6 Å². The Bertz CT molecular complexity index is 842. The number of carbonyl (C=O) groups excluding carboxylic acids is 1. The summed E-state index contributed by atoms with van der Waals surface area (Å²) >= 11 is 0. The number of halogens is 2. The van der Waals surface area contributed by atoms with Crippen LogP contribution in [0, 0.1) is 23.0 Å².